The van der Waals surface area contributed by atoms with Crippen LogP contribution in [-0.4, -0.2) is 73.0 Å². The van der Waals surface area contributed by atoms with Crippen molar-refractivity contribution in [1.82, 2.24) is 14.1 Å². The molecule has 1 spiro atoms. The van der Waals surface area contributed by atoms with Crippen molar-refractivity contribution in [3.8, 4) is 0 Å². The standard InChI is InChI=1S/C29H36ClN3O4S/c1-2-37-28(34)33-23-10-11-24(33)18-25(17-23)31-14-12-29(13-15-31)20-32(19-21-6-3-4-9-27(21)29)38(35,36)26-8-5-7-22(30)16-26/h3-9,16,23-25H,2,10-15,17-20H2,1H3. The number of fused-ring (bicyclic) bond motifs is 4. The molecule has 7 nitrogen and oxygen atoms in total. The Morgan fingerprint density at radius 3 is 2.42 bits per heavy atom. The highest BCUT2D eigenvalue weighted by atomic mass is 35.5. The SMILES string of the molecule is CCOC(=O)N1C2CCC1CC(N1CCC3(CC1)CN(S(=O)(=O)c1cccc(Cl)c1)Cc1ccccc13)C2. The molecule has 4 aliphatic rings. The van der Waals surface area contributed by atoms with Crippen LogP contribution in [0, 0.1) is 0 Å². The Morgan fingerprint density at radius 1 is 1.03 bits per heavy atom. The van der Waals surface area contributed by atoms with Gasteiger partial charge in [-0.25, -0.2) is 13.2 Å². The van der Waals surface area contributed by atoms with Gasteiger partial charge in [0.15, 0.2) is 0 Å². The third kappa shape index (κ3) is 4.53. The van der Waals surface area contributed by atoms with Crippen LogP contribution >= 0.6 is 11.6 Å². The van der Waals surface area contributed by atoms with Gasteiger partial charge in [0.2, 0.25) is 10.0 Å². The molecule has 9 heteroatoms. The molecule has 0 saturated carbocycles. The fourth-order valence-corrected chi connectivity index (χ4v) is 9.28. The number of rotatable bonds is 4. The molecule has 3 fully saturated rings. The number of piperidine rings is 2. The van der Waals surface area contributed by atoms with E-state index in [1.54, 1.807) is 28.6 Å². The zero-order chi connectivity index (χ0) is 26.5. The summed E-state index contributed by atoms with van der Waals surface area (Å²) in [6.07, 6.45) is 5.78. The number of hydrogen-bond donors (Lipinski definition) is 0. The first-order valence-electron chi connectivity index (χ1n) is 13.8. The van der Waals surface area contributed by atoms with Crippen molar-refractivity contribution in [3.63, 3.8) is 0 Å². The molecule has 2 unspecified atom stereocenters. The van der Waals surface area contributed by atoms with Gasteiger partial charge < -0.3 is 14.5 Å². The number of sulfonamides is 1. The Bertz CT molecular complexity index is 1300. The lowest BCUT2D eigenvalue weighted by atomic mass is 9.69. The zero-order valence-corrected chi connectivity index (χ0v) is 23.5. The van der Waals surface area contributed by atoms with Gasteiger partial charge in [-0.3, -0.25) is 0 Å². The van der Waals surface area contributed by atoms with E-state index in [4.69, 9.17) is 16.3 Å². The largest absolute Gasteiger partial charge is 0.450 e. The quantitative estimate of drug-likeness (QED) is 0.527. The maximum atomic E-state index is 13.7. The molecule has 3 saturated heterocycles. The van der Waals surface area contributed by atoms with E-state index in [-0.39, 0.29) is 28.5 Å². The average Bonchev–Trinajstić information content (AvgIpc) is 3.18. The molecule has 0 aliphatic carbocycles. The van der Waals surface area contributed by atoms with Gasteiger partial charge in [-0.1, -0.05) is 41.9 Å². The molecule has 204 valence electrons. The Balaban J connectivity index is 1.20. The maximum absolute atomic E-state index is 13.7. The van der Waals surface area contributed by atoms with Crippen LogP contribution in [0.2, 0.25) is 5.02 Å². The number of carbonyl (C=O) groups excluding carboxylic acids is 1. The van der Waals surface area contributed by atoms with Gasteiger partial charge in [0.25, 0.3) is 0 Å². The first-order valence-corrected chi connectivity index (χ1v) is 15.7. The minimum atomic E-state index is -3.68. The van der Waals surface area contributed by atoms with Crippen LogP contribution in [0.4, 0.5) is 4.79 Å². The molecule has 4 heterocycles. The van der Waals surface area contributed by atoms with Gasteiger partial charge >= 0.3 is 6.09 Å². The van der Waals surface area contributed by atoms with Crippen LogP contribution in [0.15, 0.2) is 53.4 Å². The third-order valence-electron chi connectivity index (χ3n) is 9.31. The van der Waals surface area contributed by atoms with E-state index in [2.05, 4.69) is 23.1 Å². The zero-order valence-electron chi connectivity index (χ0n) is 21.9. The summed E-state index contributed by atoms with van der Waals surface area (Å²) in [6, 6.07) is 15.9. The number of amides is 1. The average molecular weight is 558 g/mol. The lowest BCUT2D eigenvalue weighted by Gasteiger charge is -2.51. The molecule has 6 rings (SSSR count). The van der Waals surface area contributed by atoms with Crippen LogP contribution in [0.1, 0.15) is 56.6 Å². The molecular formula is C29H36ClN3O4S. The van der Waals surface area contributed by atoms with Crippen molar-refractivity contribution in [2.75, 3.05) is 26.2 Å². The van der Waals surface area contributed by atoms with Crippen molar-refractivity contribution in [3.05, 3.63) is 64.7 Å². The molecule has 2 aromatic carbocycles. The lowest BCUT2D eigenvalue weighted by molar-refractivity contribution is 0.0237. The monoisotopic (exact) mass is 557 g/mol. The van der Waals surface area contributed by atoms with Crippen LogP contribution in [0.25, 0.3) is 0 Å². The summed E-state index contributed by atoms with van der Waals surface area (Å²) < 4.78 is 34.4. The predicted molar refractivity (Wildman–Crippen MR) is 147 cm³/mol. The van der Waals surface area contributed by atoms with E-state index in [1.165, 1.54) is 5.56 Å². The van der Waals surface area contributed by atoms with Crippen molar-refractivity contribution >= 4 is 27.7 Å². The normalized spacial score (nSPS) is 27.3. The molecule has 0 aromatic heterocycles. The molecule has 38 heavy (non-hydrogen) atoms. The molecule has 2 atom stereocenters. The van der Waals surface area contributed by atoms with Crippen molar-refractivity contribution < 1.29 is 17.9 Å². The highest BCUT2D eigenvalue weighted by molar-refractivity contribution is 7.89. The van der Waals surface area contributed by atoms with Gasteiger partial charge in [0.05, 0.1) is 11.5 Å². The first-order chi connectivity index (χ1) is 18.3. The van der Waals surface area contributed by atoms with E-state index in [0.717, 1.165) is 57.2 Å². The summed E-state index contributed by atoms with van der Waals surface area (Å²) in [5, 5.41) is 0.425. The lowest BCUT2D eigenvalue weighted by Crippen LogP contribution is -2.57. The molecule has 2 aromatic rings. The Morgan fingerprint density at radius 2 is 1.74 bits per heavy atom. The van der Waals surface area contributed by atoms with E-state index in [9.17, 15) is 13.2 Å². The van der Waals surface area contributed by atoms with Crippen LogP contribution in [-0.2, 0) is 26.7 Å². The third-order valence-corrected chi connectivity index (χ3v) is 11.3. The van der Waals surface area contributed by atoms with Crippen molar-refractivity contribution in [2.24, 2.45) is 0 Å². The van der Waals surface area contributed by atoms with Gasteiger partial charge in [-0.2, -0.15) is 4.31 Å². The Hall–Kier alpha value is -2.13. The number of halogens is 1. The Kier molecular flexibility index (Phi) is 6.95. The molecule has 0 N–H and O–H groups in total. The molecule has 4 aliphatic heterocycles. The number of nitrogens with zero attached hydrogens (tertiary/aromatic N) is 3. The second-order valence-corrected chi connectivity index (χ2v) is 13.7. The van der Waals surface area contributed by atoms with Crippen LogP contribution < -0.4 is 0 Å². The number of hydrogen-bond acceptors (Lipinski definition) is 5. The number of ether oxygens (including phenoxy) is 1. The van der Waals surface area contributed by atoms with Crippen molar-refractivity contribution in [1.29, 1.82) is 0 Å². The summed E-state index contributed by atoms with van der Waals surface area (Å²) in [5.41, 5.74) is 2.19. The Labute approximate surface area is 230 Å². The maximum Gasteiger partial charge on any atom is 0.410 e. The molecule has 0 radical (unpaired) electrons. The van der Waals surface area contributed by atoms with E-state index < -0.39 is 10.0 Å². The summed E-state index contributed by atoms with van der Waals surface area (Å²) >= 11 is 6.15. The fourth-order valence-electron chi connectivity index (χ4n) is 7.48. The van der Waals surface area contributed by atoms with Crippen molar-refractivity contribution in [2.45, 2.75) is 80.4 Å². The summed E-state index contributed by atoms with van der Waals surface area (Å²) in [7, 11) is -3.68. The van der Waals surface area contributed by atoms with Gasteiger partial charge in [0.1, 0.15) is 0 Å². The smallest absolute Gasteiger partial charge is 0.410 e. The van der Waals surface area contributed by atoms with Crippen LogP contribution in [0.3, 0.4) is 0 Å². The van der Waals surface area contributed by atoms with Gasteiger partial charge in [-0.15, -0.1) is 0 Å². The number of benzene rings is 2. The van der Waals surface area contributed by atoms with Crippen LogP contribution in [0.5, 0.6) is 0 Å². The van der Waals surface area contributed by atoms with Gasteiger partial charge in [-0.05, 0) is 87.9 Å². The topological polar surface area (TPSA) is 70.2 Å². The first kappa shape index (κ1) is 26.1. The second-order valence-electron chi connectivity index (χ2n) is 11.3. The van der Waals surface area contributed by atoms with E-state index >= 15 is 0 Å². The number of carbonyl (C=O) groups is 1. The summed E-state index contributed by atoms with van der Waals surface area (Å²) in [5.74, 6) is 0. The molecular weight excluding hydrogens is 522 g/mol. The van der Waals surface area contributed by atoms with Gasteiger partial charge in [0, 0.05) is 41.7 Å². The minimum Gasteiger partial charge on any atom is -0.450 e. The molecule has 1 amide bonds. The fraction of sp³-hybridized carbons (Fsp3) is 0.552. The predicted octanol–water partition coefficient (Wildman–Crippen LogP) is 5.03. The summed E-state index contributed by atoms with van der Waals surface area (Å²) in [4.78, 5) is 17.4. The number of likely N-dealkylation sites (tertiary alicyclic amines) is 1. The summed E-state index contributed by atoms with van der Waals surface area (Å²) in [6.45, 7) is 5.01. The molecule has 2 bridgehead atoms. The highest BCUT2D eigenvalue weighted by Gasteiger charge is 2.49. The van der Waals surface area contributed by atoms with E-state index in [1.807, 2.05) is 17.9 Å². The second kappa shape index (κ2) is 10.1. The minimum absolute atomic E-state index is 0.157. The highest BCUT2D eigenvalue weighted by Crippen LogP contribution is 2.45. The van der Waals surface area contributed by atoms with E-state index in [0.29, 0.717) is 30.8 Å².